The molecule has 0 atom stereocenters. The van der Waals surface area contributed by atoms with Crippen molar-refractivity contribution < 1.29 is 0 Å². The zero-order valence-corrected chi connectivity index (χ0v) is 10.5. The third-order valence-electron chi connectivity index (χ3n) is 3.08. The van der Waals surface area contributed by atoms with Gasteiger partial charge in [0.25, 0.3) is 0 Å². The second kappa shape index (κ2) is 4.18. The summed E-state index contributed by atoms with van der Waals surface area (Å²) in [6.45, 7) is 2.76. The van der Waals surface area contributed by atoms with Gasteiger partial charge in [-0.1, -0.05) is 6.07 Å². The average Bonchev–Trinajstić information content (AvgIpc) is 2.92. The van der Waals surface area contributed by atoms with Crippen LogP contribution in [0, 0.1) is 6.92 Å². The SMILES string of the molecule is Cc1cc(NCc2cnn3ccccc23)nn1C. The molecular formula is C13H15N5. The summed E-state index contributed by atoms with van der Waals surface area (Å²) in [6, 6.07) is 8.09. The van der Waals surface area contributed by atoms with E-state index in [0.717, 1.165) is 23.6 Å². The molecule has 0 saturated carbocycles. The monoisotopic (exact) mass is 241 g/mol. The largest absolute Gasteiger partial charge is 0.364 e. The van der Waals surface area contributed by atoms with E-state index in [4.69, 9.17) is 0 Å². The molecule has 0 radical (unpaired) electrons. The molecule has 0 bridgehead atoms. The van der Waals surface area contributed by atoms with Crippen molar-refractivity contribution in [2.75, 3.05) is 5.32 Å². The fraction of sp³-hybridized carbons (Fsp3) is 0.231. The molecule has 0 aliphatic heterocycles. The zero-order chi connectivity index (χ0) is 12.5. The summed E-state index contributed by atoms with van der Waals surface area (Å²) in [5.41, 5.74) is 3.42. The van der Waals surface area contributed by atoms with E-state index in [9.17, 15) is 0 Å². The maximum atomic E-state index is 4.37. The zero-order valence-electron chi connectivity index (χ0n) is 10.5. The highest BCUT2D eigenvalue weighted by molar-refractivity contribution is 5.54. The molecule has 5 nitrogen and oxygen atoms in total. The van der Waals surface area contributed by atoms with Gasteiger partial charge in [-0.2, -0.15) is 10.2 Å². The summed E-state index contributed by atoms with van der Waals surface area (Å²) in [5.74, 6) is 0.894. The van der Waals surface area contributed by atoms with Crippen LogP contribution in [-0.2, 0) is 13.6 Å². The van der Waals surface area contributed by atoms with Crippen LogP contribution in [0.2, 0.25) is 0 Å². The van der Waals surface area contributed by atoms with Crippen molar-refractivity contribution in [3.05, 3.63) is 47.9 Å². The van der Waals surface area contributed by atoms with Crippen LogP contribution in [0.1, 0.15) is 11.3 Å². The van der Waals surface area contributed by atoms with Crippen LogP contribution in [0.25, 0.3) is 5.52 Å². The first kappa shape index (κ1) is 10.8. The van der Waals surface area contributed by atoms with E-state index in [0.29, 0.717) is 0 Å². The summed E-state index contributed by atoms with van der Waals surface area (Å²) in [4.78, 5) is 0. The number of nitrogens with one attached hydrogen (secondary N) is 1. The van der Waals surface area contributed by atoms with Crippen LogP contribution in [0.15, 0.2) is 36.7 Å². The summed E-state index contributed by atoms with van der Waals surface area (Å²) in [6.07, 6.45) is 3.84. The minimum atomic E-state index is 0.726. The van der Waals surface area contributed by atoms with E-state index >= 15 is 0 Å². The van der Waals surface area contributed by atoms with E-state index < -0.39 is 0 Å². The van der Waals surface area contributed by atoms with E-state index in [1.807, 2.05) is 53.8 Å². The Kier molecular flexibility index (Phi) is 2.51. The molecular weight excluding hydrogens is 226 g/mol. The van der Waals surface area contributed by atoms with Gasteiger partial charge in [-0.25, -0.2) is 4.52 Å². The molecule has 3 aromatic heterocycles. The first-order valence-corrected chi connectivity index (χ1v) is 5.90. The normalized spacial score (nSPS) is 11.0. The average molecular weight is 241 g/mol. The Morgan fingerprint density at radius 1 is 1.33 bits per heavy atom. The molecule has 92 valence electrons. The number of hydrogen-bond donors (Lipinski definition) is 1. The van der Waals surface area contributed by atoms with E-state index in [2.05, 4.69) is 21.6 Å². The lowest BCUT2D eigenvalue weighted by molar-refractivity contribution is 0.741. The van der Waals surface area contributed by atoms with Crippen LogP contribution in [0.3, 0.4) is 0 Å². The van der Waals surface area contributed by atoms with E-state index in [-0.39, 0.29) is 0 Å². The molecule has 0 aliphatic rings. The Balaban J connectivity index is 1.81. The Labute approximate surface area is 105 Å². The van der Waals surface area contributed by atoms with Gasteiger partial charge >= 0.3 is 0 Å². The van der Waals surface area contributed by atoms with Crippen molar-refractivity contribution >= 4 is 11.3 Å². The smallest absolute Gasteiger partial charge is 0.148 e. The molecule has 3 aromatic rings. The van der Waals surface area contributed by atoms with Crippen molar-refractivity contribution in [3.63, 3.8) is 0 Å². The van der Waals surface area contributed by atoms with Crippen molar-refractivity contribution in [2.45, 2.75) is 13.5 Å². The van der Waals surface area contributed by atoms with Gasteiger partial charge in [-0.3, -0.25) is 4.68 Å². The molecule has 0 aliphatic carbocycles. The van der Waals surface area contributed by atoms with Gasteiger partial charge in [0.2, 0.25) is 0 Å². The molecule has 5 heteroatoms. The van der Waals surface area contributed by atoms with Crippen LogP contribution in [0.5, 0.6) is 0 Å². The van der Waals surface area contributed by atoms with Gasteiger partial charge in [0.05, 0.1) is 11.7 Å². The number of pyridine rings is 1. The van der Waals surface area contributed by atoms with E-state index in [1.54, 1.807) is 0 Å². The lowest BCUT2D eigenvalue weighted by atomic mass is 10.2. The minimum absolute atomic E-state index is 0.726. The van der Waals surface area contributed by atoms with Gasteiger partial charge in [-0.15, -0.1) is 0 Å². The van der Waals surface area contributed by atoms with Crippen molar-refractivity contribution in [1.82, 2.24) is 19.4 Å². The topological polar surface area (TPSA) is 47.1 Å². The Bertz CT molecular complexity index is 660. The predicted molar refractivity (Wildman–Crippen MR) is 70.5 cm³/mol. The Hall–Kier alpha value is -2.30. The number of hydrogen-bond acceptors (Lipinski definition) is 3. The van der Waals surface area contributed by atoms with Gasteiger partial charge in [0.1, 0.15) is 5.82 Å². The van der Waals surface area contributed by atoms with Crippen molar-refractivity contribution in [2.24, 2.45) is 7.05 Å². The highest BCUT2D eigenvalue weighted by atomic mass is 15.3. The molecule has 3 rings (SSSR count). The maximum Gasteiger partial charge on any atom is 0.148 e. The fourth-order valence-electron chi connectivity index (χ4n) is 1.96. The second-order valence-electron chi connectivity index (χ2n) is 4.35. The molecule has 18 heavy (non-hydrogen) atoms. The Morgan fingerprint density at radius 3 is 3.00 bits per heavy atom. The van der Waals surface area contributed by atoms with Crippen LogP contribution in [-0.4, -0.2) is 19.4 Å². The molecule has 0 aromatic carbocycles. The van der Waals surface area contributed by atoms with Crippen LogP contribution in [0.4, 0.5) is 5.82 Å². The van der Waals surface area contributed by atoms with Gasteiger partial charge in [0, 0.05) is 37.1 Å². The van der Waals surface area contributed by atoms with Gasteiger partial charge in [0.15, 0.2) is 0 Å². The maximum absolute atomic E-state index is 4.37. The number of nitrogens with zero attached hydrogens (tertiary/aromatic N) is 4. The van der Waals surface area contributed by atoms with E-state index in [1.165, 1.54) is 5.56 Å². The van der Waals surface area contributed by atoms with Gasteiger partial charge in [-0.05, 0) is 19.1 Å². The third kappa shape index (κ3) is 1.84. The third-order valence-corrected chi connectivity index (χ3v) is 3.08. The quantitative estimate of drug-likeness (QED) is 0.762. The first-order chi connectivity index (χ1) is 8.74. The molecule has 3 heterocycles. The number of fused-ring (bicyclic) bond motifs is 1. The molecule has 0 fully saturated rings. The lowest BCUT2D eigenvalue weighted by Crippen LogP contribution is -2.00. The number of aromatic nitrogens is 4. The summed E-state index contributed by atoms with van der Waals surface area (Å²) < 4.78 is 3.74. The fourth-order valence-corrected chi connectivity index (χ4v) is 1.96. The van der Waals surface area contributed by atoms with Crippen LogP contribution < -0.4 is 5.32 Å². The lowest BCUT2D eigenvalue weighted by Gasteiger charge is -2.01. The highest BCUT2D eigenvalue weighted by Crippen LogP contribution is 2.13. The molecule has 0 spiro atoms. The van der Waals surface area contributed by atoms with Crippen LogP contribution >= 0.6 is 0 Å². The standard InChI is InChI=1S/C13H15N5/c1-10-7-13(16-17(10)2)14-8-11-9-15-18-6-4-3-5-12(11)18/h3-7,9H,8H2,1-2H3,(H,14,16). The molecule has 1 N–H and O–H groups in total. The van der Waals surface area contributed by atoms with Gasteiger partial charge < -0.3 is 5.32 Å². The summed E-state index contributed by atoms with van der Waals surface area (Å²) in [7, 11) is 1.94. The number of anilines is 1. The first-order valence-electron chi connectivity index (χ1n) is 5.90. The Morgan fingerprint density at radius 2 is 2.22 bits per heavy atom. The van der Waals surface area contributed by atoms with Crippen molar-refractivity contribution in [3.8, 4) is 0 Å². The second-order valence-corrected chi connectivity index (χ2v) is 4.35. The molecule has 0 unspecified atom stereocenters. The predicted octanol–water partition coefficient (Wildman–Crippen LogP) is 1.99. The summed E-state index contributed by atoms with van der Waals surface area (Å²) in [5, 5.41) is 12.0. The highest BCUT2D eigenvalue weighted by Gasteiger charge is 2.04. The number of rotatable bonds is 3. The van der Waals surface area contributed by atoms with Crippen molar-refractivity contribution in [1.29, 1.82) is 0 Å². The minimum Gasteiger partial charge on any atom is -0.364 e. The summed E-state index contributed by atoms with van der Waals surface area (Å²) >= 11 is 0. The molecule has 0 amide bonds. The molecule has 0 saturated heterocycles. The number of aryl methyl sites for hydroxylation is 2.